The lowest BCUT2D eigenvalue weighted by Gasteiger charge is -2.10. The summed E-state index contributed by atoms with van der Waals surface area (Å²) in [6.45, 7) is -0.235. The van der Waals surface area contributed by atoms with E-state index in [1.54, 1.807) is 0 Å². The van der Waals surface area contributed by atoms with Crippen molar-refractivity contribution in [3.8, 4) is 0 Å². The number of aliphatic carboxylic acids is 1. The molecule has 1 unspecified atom stereocenters. The standard InChI is InChI=1S/C7H11F2NO2/c8-7(9)2-1-5(3-7)10-4-6(11)12/h5,10H,1-4H2,(H,11,12). The highest BCUT2D eigenvalue weighted by molar-refractivity contribution is 5.69. The smallest absolute Gasteiger partial charge is 0.317 e. The number of carbonyl (C=O) groups is 1. The van der Waals surface area contributed by atoms with Crippen LogP contribution < -0.4 is 5.32 Å². The van der Waals surface area contributed by atoms with Crippen molar-refractivity contribution in [1.82, 2.24) is 5.32 Å². The quantitative estimate of drug-likeness (QED) is 0.675. The van der Waals surface area contributed by atoms with Gasteiger partial charge < -0.3 is 10.4 Å². The van der Waals surface area contributed by atoms with Crippen LogP contribution >= 0.6 is 0 Å². The lowest BCUT2D eigenvalue weighted by Crippen LogP contribution is -2.32. The van der Waals surface area contributed by atoms with Crippen LogP contribution in [0.4, 0.5) is 8.78 Å². The minimum absolute atomic E-state index is 0.135. The zero-order valence-corrected chi connectivity index (χ0v) is 6.52. The largest absolute Gasteiger partial charge is 0.480 e. The van der Waals surface area contributed by atoms with Gasteiger partial charge in [-0.15, -0.1) is 0 Å². The highest BCUT2D eigenvalue weighted by Gasteiger charge is 2.39. The summed E-state index contributed by atoms with van der Waals surface area (Å²) in [5.41, 5.74) is 0. The average Bonchev–Trinajstić information content (AvgIpc) is 2.26. The second kappa shape index (κ2) is 3.35. The molecule has 1 atom stereocenters. The van der Waals surface area contributed by atoms with E-state index in [9.17, 15) is 13.6 Å². The molecule has 0 heterocycles. The normalized spacial score (nSPS) is 27.3. The Kier molecular flexibility index (Phi) is 2.62. The fourth-order valence-electron chi connectivity index (χ4n) is 1.36. The molecule has 70 valence electrons. The number of hydrogen-bond acceptors (Lipinski definition) is 2. The van der Waals surface area contributed by atoms with E-state index >= 15 is 0 Å². The van der Waals surface area contributed by atoms with Gasteiger partial charge in [0.1, 0.15) is 0 Å². The van der Waals surface area contributed by atoms with Crippen molar-refractivity contribution >= 4 is 5.97 Å². The van der Waals surface area contributed by atoms with Crippen LogP contribution in [0.2, 0.25) is 0 Å². The molecule has 1 aliphatic rings. The third kappa shape index (κ3) is 2.73. The first-order valence-corrected chi connectivity index (χ1v) is 3.83. The van der Waals surface area contributed by atoms with E-state index in [0.717, 1.165) is 0 Å². The number of halogens is 2. The molecule has 0 aliphatic heterocycles. The van der Waals surface area contributed by atoms with Gasteiger partial charge in [-0.3, -0.25) is 4.79 Å². The van der Waals surface area contributed by atoms with Crippen molar-refractivity contribution in [1.29, 1.82) is 0 Å². The van der Waals surface area contributed by atoms with Crippen LogP contribution in [0.5, 0.6) is 0 Å². The van der Waals surface area contributed by atoms with Crippen molar-refractivity contribution in [2.24, 2.45) is 0 Å². The van der Waals surface area contributed by atoms with E-state index in [1.807, 2.05) is 0 Å². The maximum absolute atomic E-state index is 12.5. The minimum atomic E-state index is -2.60. The Hall–Kier alpha value is -0.710. The summed E-state index contributed by atoms with van der Waals surface area (Å²) in [5, 5.41) is 10.8. The van der Waals surface area contributed by atoms with E-state index in [0.29, 0.717) is 6.42 Å². The second-order valence-electron chi connectivity index (χ2n) is 3.07. The van der Waals surface area contributed by atoms with Gasteiger partial charge >= 0.3 is 5.97 Å². The van der Waals surface area contributed by atoms with Crippen molar-refractivity contribution in [2.45, 2.75) is 31.2 Å². The topological polar surface area (TPSA) is 49.3 Å². The minimum Gasteiger partial charge on any atom is -0.480 e. The molecule has 0 aromatic carbocycles. The van der Waals surface area contributed by atoms with E-state index in [1.165, 1.54) is 0 Å². The Balaban J connectivity index is 2.24. The summed E-state index contributed by atoms with van der Waals surface area (Å²) in [6.07, 6.45) is -0.00908. The summed E-state index contributed by atoms with van der Waals surface area (Å²) in [7, 11) is 0. The molecule has 0 saturated heterocycles. The molecule has 0 bridgehead atoms. The lowest BCUT2D eigenvalue weighted by molar-refractivity contribution is -0.136. The van der Waals surface area contributed by atoms with Crippen LogP contribution in [0.1, 0.15) is 19.3 Å². The Morgan fingerprint density at radius 2 is 2.33 bits per heavy atom. The van der Waals surface area contributed by atoms with Gasteiger partial charge in [0, 0.05) is 18.9 Å². The number of rotatable bonds is 3. The van der Waals surface area contributed by atoms with E-state index in [4.69, 9.17) is 5.11 Å². The predicted molar refractivity (Wildman–Crippen MR) is 38.2 cm³/mol. The molecule has 1 rings (SSSR count). The average molecular weight is 179 g/mol. The maximum atomic E-state index is 12.5. The van der Waals surface area contributed by atoms with Crippen LogP contribution in [-0.2, 0) is 4.79 Å². The van der Waals surface area contributed by atoms with Gasteiger partial charge in [-0.05, 0) is 6.42 Å². The highest BCUT2D eigenvalue weighted by Crippen LogP contribution is 2.34. The molecule has 1 saturated carbocycles. The number of carboxylic acid groups (broad SMARTS) is 1. The van der Waals surface area contributed by atoms with Crippen molar-refractivity contribution in [2.75, 3.05) is 6.54 Å². The molecule has 0 spiro atoms. The molecule has 5 heteroatoms. The van der Waals surface area contributed by atoms with Gasteiger partial charge in [-0.25, -0.2) is 8.78 Å². The number of nitrogens with one attached hydrogen (secondary N) is 1. The number of carboxylic acids is 1. The van der Waals surface area contributed by atoms with E-state index in [2.05, 4.69) is 5.32 Å². The Morgan fingerprint density at radius 1 is 1.67 bits per heavy atom. The van der Waals surface area contributed by atoms with E-state index in [-0.39, 0.29) is 25.4 Å². The number of hydrogen-bond donors (Lipinski definition) is 2. The van der Waals surface area contributed by atoms with Crippen LogP contribution in [-0.4, -0.2) is 29.6 Å². The lowest BCUT2D eigenvalue weighted by atomic mass is 10.2. The molecule has 12 heavy (non-hydrogen) atoms. The van der Waals surface area contributed by atoms with Crippen LogP contribution in [0, 0.1) is 0 Å². The molecule has 0 aromatic heterocycles. The molecular weight excluding hydrogens is 168 g/mol. The summed E-state index contributed by atoms with van der Waals surface area (Å²) in [4.78, 5) is 10.1. The molecular formula is C7H11F2NO2. The SMILES string of the molecule is O=C(O)CNC1CCC(F)(F)C1. The fraction of sp³-hybridized carbons (Fsp3) is 0.857. The summed E-state index contributed by atoms with van der Waals surface area (Å²) < 4.78 is 25.1. The first-order chi connectivity index (χ1) is 5.49. The highest BCUT2D eigenvalue weighted by atomic mass is 19.3. The van der Waals surface area contributed by atoms with Gasteiger partial charge in [0.15, 0.2) is 0 Å². The number of alkyl halides is 2. The van der Waals surface area contributed by atoms with Crippen molar-refractivity contribution in [3.05, 3.63) is 0 Å². The molecule has 2 N–H and O–H groups in total. The van der Waals surface area contributed by atoms with Crippen molar-refractivity contribution < 1.29 is 18.7 Å². The predicted octanol–water partition coefficient (Wildman–Crippen LogP) is 0.848. The van der Waals surface area contributed by atoms with Gasteiger partial charge in [-0.1, -0.05) is 0 Å². The van der Waals surface area contributed by atoms with Gasteiger partial charge in [-0.2, -0.15) is 0 Å². The molecule has 3 nitrogen and oxygen atoms in total. The Labute approximate surface area is 68.8 Å². The Morgan fingerprint density at radius 3 is 2.75 bits per heavy atom. The zero-order valence-electron chi connectivity index (χ0n) is 6.52. The third-order valence-electron chi connectivity index (χ3n) is 1.95. The fourth-order valence-corrected chi connectivity index (χ4v) is 1.36. The zero-order chi connectivity index (χ0) is 9.19. The first kappa shape index (κ1) is 9.38. The molecule has 1 fully saturated rings. The summed E-state index contributed by atoms with van der Waals surface area (Å²) in [5.74, 6) is -3.61. The first-order valence-electron chi connectivity index (χ1n) is 3.83. The van der Waals surface area contributed by atoms with Gasteiger partial charge in [0.05, 0.1) is 6.54 Å². The third-order valence-corrected chi connectivity index (χ3v) is 1.95. The molecule has 1 aliphatic carbocycles. The molecule has 0 aromatic rings. The Bertz CT molecular complexity index is 184. The molecule has 0 radical (unpaired) electrons. The van der Waals surface area contributed by atoms with Gasteiger partial charge in [0.2, 0.25) is 5.92 Å². The van der Waals surface area contributed by atoms with E-state index < -0.39 is 11.9 Å². The van der Waals surface area contributed by atoms with Crippen LogP contribution in [0.3, 0.4) is 0 Å². The monoisotopic (exact) mass is 179 g/mol. The summed E-state index contributed by atoms with van der Waals surface area (Å²) >= 11 is 0. The van der Waals surface area contributed by atoms with Gasteiger partial charge in [0.25, 0.3) is 0 Å². The molecule has 0 amide bonds. The maximum Gasteiger partial charge on any atom is 0.317 e. The van der Waals surface area contributed by atoms with Crippen LogP contribution in [0.25, 0.3) is 0 Å². The van der Waals surface area contributed by atoms with Crippen molar-refractivity contribution in [3.63, 3.8) is 0 Å². The second-order valence-corrected chi connectivity index (χ2v) is 3.07. The summed E-state index contributed by atoms with van der Waals surface area (Å²) in [6, 6.07) is -0.337. The van der Waals surface area contributed by atoms with Crippen LogP contribution in [0.15, 0.2) is 0 Å².